The molecule has 1 fully saturated rings. The van der Waals surface area contributed by atoms with Crippen LogP contribution in [0.2, 0.25) is 0 Å². The van der Waals surface area contributed by atoms with Crippen LogP contribution in [0.5, 0.6) is 0 Å². The zero-order valence-corrected chi connectivity index (χ0v) is 13.4. The third-order valence-electron chi connectivity index (χ3n) is 4.59. The van der Waals surface area contributed by atoms with Gasteiger partial charge < -0.3 is 20.8 Å². The van der Waals surface area contributed by atoms with Crippen molar-refractivity contribution < 1.29 is 9.52 Å². The predicted octanol–water partition coefficient (Wildman–Crippen LogP) is 1.47. The molecule has 126 valence electrons. The molecule has 1 aliphatic heterocycles. The molecule has 6 nitrogen and oxygen atoms in total. The number of nitrogens with zero attached hydrogens (tertiary/aromatic N) is 2. The van der Waals surface area contributed by atoms with E-state index in [0.29, 0.717) is 41.3 Å². The lowest BCUT2D eigenvalue weighted by atomic mass is 9.73. The fraction of sp³-hybridized carbons (Fsp3) is 0.333. The maximum atomic E-state index is 13.0. The van der Waals surface area contributed by atoms with Crippen molar-refractivity contribution in [2.75, 3.05) is 13.1 Å². The van der Waals surface area contributed by atoms with Crippen LogP contribution in [0, 0.1) is 10.4 Å². The molecule has 2 heterocycles. The summed E-state index contributed by atoms with van der Waals surface area (Å²) in [5.41, 5.74) is 0.465. The van der Waals surface area contributed by atoms with Gasteiger partial charge in [0.2, 0.25) is 5.91 Å². The largest absolute Gasteiger partial charge is 0.756 e. The first-order chi connectivity index (χ1) is 11.6. The van der Waals surface area contributed by atoms with E-state index in [0.717, 1.165) is 5.56 Å². The molecular formula is C18H20N3O3-. The standard InChI is InChI=1S/C18H20N3O3/c22-17(21(24)13-15-5-2-1-3-6-15)18(8-10-19-11-9-18)16-7-4-12-20(23)14-16/h1-7,12,14,19H,8-11,13H2/q-1. The van der Waals surface area contributed by atoms with Gasteiger partial charge in [0.05, 0.1) is 5.41 Å². The Labute approximate surface area is 140 Å². The summed E-state index contributed by atoms with van der Waals surface area (Å²) < 4.78 is 0.679. The van der Waals surface area contributed by atoms with Crippen LogP contribution in [0.4, 0.5) is 0 Å². The summed E-state index contributed by atoms with van der Waals surface area (Å²) in [7, 11) is 0. The molecule has 1 aromatic heterocycles. The number of benzene rings is 1. The molecule has 0 saturated carbocycles. The van der Waals surface area contributed by atoms with Crippen molar-refractivity contribution in [1.82, 2.24) is 10.4 Å². The van der Waals surface area contributed by atoms with E-state index >= 15 is 0 Å². The number of carbonyl (C=O) groups is 1. The van der Waals surface area contributed by atoms with E-state index in [1.807, 2.05) is 30.3 Å². The number of hydrogen-bond acceptors (Lipinski definition) is 4. The Morgan fingerprint density at radius 2 is 1.88 bits per heavy atom. The van der Waals surface area contributed by atoms with Gasteiger partial charge in [-0.1, -0.05) is 30.3 Å². The number of hydrogen-bond donors (Lipinski definition) is 1. The van der Waals surface area contributed by atoms with E-state index in [-0.39, 0.29) is 6.54 Å². The van der Waals surface area contributed by atoms with E-state index < -0.39 is 11.3 Å². The van der Waals surface area contributed by atoms with Gasteiger partial charge in [-0.25, -0.2) is 0 Å². The lowest BCUT2D eigenvalue weighted by molar-refractivity contribution is -0.606. The summed E-state index contributed by atoms with van der Waals surface area (Å²) in [5, 5.41) is 27.9. The number of rotatable bonds is 4. The predicted molar refractivity (Wildman–Crippen MR) is 89.5 cm³/mol. The van der Waals surface area contributed by atoms with Gasteiger partial charge in [0.15, 0.2) is 12.4 Å². The first-order valence-electron chi connectivity index (χ1n) is 8.05. The molecule has 0 aliphatic carbocycles. The fourth-order valence-electron chi connectivity index (χ4n) is 3.28. The summed E-state index contributed by atoms with van der Waals surface area (Å²) in [4.78, 5) is 13.0. The van der Waals surface area contributed by atoms with E-state index in [1.54, 1.807) is 12.1 Å². The van der Waals surface area contributed by atoms with E-state index in [2.05, 4.69) is 5.32 Å². The first-order valence-corrected chi connectivity index (χ1v) is 8.05. The number of carbonyl (C=O) groups excluding carboxylic acids is 1. The van der Waals surface area contributed by atoms with Gasteiger partial charge in [0.25, 0.3) is 0 Å². The highest BCUT2D eigenvalue weighted by Crippen LogP contribution is 2.35. The number of piperidine rings is 1. The van der Waals surface area contributed by atoms with Crippen LogP contribution >= 0.6 is 0 Å². The highest BCUT2D eigenvalue weighted by Gasteiger charge is 2.43. The van der Waals surface area contributed by atoms with E-state index in [4.69, 9.17) is 0 Å². The first kappa shape index (κ1) is 16.4. The van der Waals surface area contributed by atoms with Crippen molar-refractivity contribution in [1.29, 1.82) is 0 Å². The van der Waals surface area contributed by atoms with Crippen LogP contribution in [-0.4, -0.2) is 24.1 Å². The number of pyridine rings is 1. The fourth-order valence-corrected chi connectivity index (χ4v) is 3.28. The van der Waals surface area contributed by atoms with Crippen LogP contribution in [0.1, 0.15) is 24.0 Å². The third-order valence-corrected chi connectivity index (χ3v) is 4.59. The lowest BCUT2D eigenvalue weighted by Crippen LogP contribution is -2.51. The average molecular weight is 326 g/mol. The quantitative estimate of drug-likeness (QED) is 0.524. The zero-order chi connectivity index (χ0) is 17.0. The van der Waals surface area contributed by atoms with Crippen LogP contribution in [0.3, 0.4) is 0 Å². The molecule has 24 heavy (non-hydrogen) atoms. The van der Waals surface area contributed by atoms with Crippen LogP contribution in [-0.2, 0) is 16.8 Å². The maximum Gasteiger partial charge on any atom is 0.223 e. The number of amides is 1. The van der Waals surface area contributed by atoms with Gasteiger partial charge >= 0.3 is 0 Å². The smallest absolute Gasteiger partial charge is 0.223 e. The Hall–Kier alpha value is -2.44. The minimum atomic E-state index is -0.935. The second-order valence-electron chi connectivity index (χ2n) is 6.11. The molecular weight excluding hydrogens is 306 g/mol. The minimum Gasteiger partial charge on any atom is -0.756 e. The van der Waals surface area contributed by atoms with Crippen molar-refractivity contribution in [3.63, 3.8) is 0 Å². The Kier molecular flexibility index (Phi) is 4.78. The average Bonchev–Trinajstić information content (AvgIpc) is 2.62. The molecule has 0 radical (unpaired) electrons. The molecule has 0 atom stereocenters. The van der Waals surface area contributed by atoms with Gasteiger partial charge in [-0.2, -0.15) is 4.73 Å². The normalized spacial score (nSPS) is 16.5. The molecule has 0 spiro atoms. The summed E-state index contributed by atoms with van der Waals surface area (Å²) >= 11 is 0. The Morgan fingerprint density at radius 3 is 2.54 bits per heavy atom. The highest BCUT2D eigenvalue weighted by molar-refractivity contribution is 5.88. The number of aromatic nitrogens is 1. The Bertz CT molecular complexity index is 700. The molecule has 1 aliphatic rings. The van der Waals surface area contributed by atoms with Gasteiger partial charge in [-0.3, -0.25) is 4.79 Å². The zero-order valence-electron chi connectivity index (χ0n) is 13.4. The van der Waals surface area contributed by atoms with Gasteiger partial charge in [0, 0.05) is 18.2 Å². The summed E-state index contributed by atoms with van der Waals surface area (Å²) in [6, 6.07) is 12.6. The van der Waals surface area contributed by atoms with E-state index in [9.17, 15) is 15.2 Å². The van der Waals surface area contributed by atoms with E-state index in [1.165, 1.54) is 12.4 Å². The van der Waals surface area contributed by atoms with Gasteiger partial charge in [-0.15, -0.1) is 0 Å². The van der Waals surface area contributed by atoms with Crippen LogP contribution in [0.25, 0.3) is 0 Å². The summed E-state index contributed by atoms with van der Waals surface area (Å²) in [5.74, 6) is -0.473. The van der Waals surface area contributed by atoms with Crippen molar-refractivity contribution in [2.45, 2.75) is 24.8 Å². The molecule has 6 heteroatoms. The highest BCUT2D eigenvalue weighted by atomic mass is 16.5. The molecule has 0 bridgehead atoms. The summed E-state index contributed by atoms with van der Waals surface area (Å²) in [6.45, 7) is 1.29. The Balaban J connectivity index is 1.89. The van der Waals surface area contributed by atoms with Crippen molar-refractivity contribution >= 4 is 5.91 Å². The number of nitrogens with one attached hydrogen (secondary N) is 1. The van der Waals surface area contributed by atoms with Crippen LogP contribution < -0.4 is 10.0 Å². The summed E-state index contributed by atoms with van der Waals surface area (Å²) in [6.07, 6.45) is 3.79. The second kappa shape index (κ2) is 6.98. The molecule has 2 aromatic rings. The van der Waals surface area contributed by atoms with Crippen molar-refractivity contribution in [2.24, 2.45) is 0 Å². The second-order valence-corrected chi connectivity index (χ2v) is 6.11. The molecule has 1 saturated heterocycles. The monoisotopic (exact) mass is 326 g/mol. The number of hydroxylamine groups is 2. The topological polar surface area (TPSA) is 82.3 Å². The van der Waals surface area contributed by atoms with Crippen molar-refractivity contribution in [3.05, 3.63) is 76.4 Å². The minimum absolute atomic E-state index is 0.0130. The molecule has 3 rings (SSSR count). The SMILES string of the molecule is O=C(N([O-])Cc1ccccc1)C1(c2ccc[n+]([O-])c2)CCNCC1. The molecule has 1 aromatic carbocycles. The molecule has 0 unspecified atom stereocenters. The Morgan fingerprint density at radius 1 is 1.17 bits per heavy atom. The van der Waals surface area contributed by atoms with Crippen molar-refractivity contribution in [3.8, 4) is 0 Å². The maximum absolute atomic E-state index is 13.0. The van der Waals surface area contributed by atoms with Crippen LogP contribution in [0.15, 0.2) is 54.9 Å². The molecule has 1 N–H and O–H groups in total. The van der Waals surface area contributed by atoms with Gasteiger partial charge in [0.1, 0.15) is 0 Å². The third kappa shape index (κ3) is 3.25. The van der Waals surface area contributed by atoms with Gasteiger partial charge in [-0.05, 0) is 37.6 Å². The lowest BCUT2D eigenvalue weighted by Gasteiger charge is -2.42. The molecule has 1 amide bonds.